The Bertz CT molecular complexity index is 244. The molecule has 46 valence electrons. The van der Waals surface area contributed by atoms with Crippen LogP contribution in [0.15, 0.2) is 32.9 Å². The van der Waals surface area contributed by atoms with E-state index in [0.29, 0.717) is 16.6 Å². The fourth-order valence-corrected chi connectivity index (χ4v) is 1.16. The Labute approximate surface area is 79.6 Å². The van der Waals surface area contributed by atoms with Gasteiger partial charge in [-0.1, -0.05) is 6.92 Å². The van der Waals surface area contributed by atoms with E-state index in [1.165, 1.54) is 0 Å². The standard InChI is InChI=1S/C7H3B5/c1-2(8)3-4(6(9)10)5(3)7(11)12/h1H3. The third-order valence-corrected chi connectivity index (χ3v) is 1.66. The molecule has 0 atom stereocenters. The summed E-state index contributed by atoms with van der Waals surface area (Å²) < 4.78 is 0. The molecule has 1 aliphatic carbocycles. The van der Waals surface area contributed by atoms with Crippen molar-refractivity contribution >= 4 is 39.2 Å². The van der Waals surface area contributed by atoms with E-state index in [1.807, 2.05) is 0 Å². The van der Waals surface area contributed by atoms with Crippen LogP contribution in [0, 0.1) is 0 Å². The third kappa shape index (κ3) is 1.50. The van der Waals surface area contributed by atoms with E-state index in [9.17, 15) is 0 Å². The number of rotatable bonds is 0. The van der Waals surface area contributed by atoms with Gasteiger partial charge in [0.1, 0.15) is 7.85 Å². The summed E-state index contributed by atoms with van der Waals surface area (Å²) in [5, 5.41) is 0.413. The largest absolute Gasteiger partial charge is 0.152 e. The molecule has 0 saturated heterocycles. The van der Waals surface area contributed by atoms with Crippen LogP contribution in [0.2, 0.25) is 0 Å². The molecule has 5 heteroatoms. The predicted octanol–water partition coefficient (Wildman–Crippen LogP) is -0.460. The van der Waals surface area contributed by atoms with Crippen LogP contribution < -0.4 is 0 Å². The normalized spacial score (nSPS) is 14.6. The maximum atomic E-state index is 5.54. The number of hydrogen-bond donors (Lipinski definition) is 0. The molecule has 0 unspecified atom stereocenters. The van der Waals surface area contributed by atoms with Gasteiger partial charge in [-0.2, -0.15) is 10.7 Å². The SMILES string of the molecule is [B]C([B])=C1C(=C([B])[B])C1=C([B])C. The zero-order valence-corrected chi connectivity index (χ0v) is 6.89. The van der Waals surface area contributed by atoms with Crippen molar-refractivity contribution in [2.45, 2.75) is 6.92 Å². The van der Waals surface area contributed by atoms with Crippen LogP contribution in [0.4, 0.5) is 0 Å². The first-order chi connectivity index (χ1) is 5.46. The molecule has 10 radical (unpaired) electrons. The van der Waals surface area contributed by atoms with Crippen LogP contribution in [0.5, 0.6) is 0 Å². The van der Waals surface area contributed by atoms with Gasteiger partial charge in [0, 0.05) is 0 Å². The second kappa shape index (κ2) is 3.12. The second-order valence-corrected chi connectivity index (χ2v) is 2.72. The topological polar surface area (TPSA) is 0 Å². The van der Waals surface area contributed by atoms with Gasteiger partial charge in [-0.05, 0) is 16.7 Å². The van der Waals surface area contributed by atoms with Crippen molar-refractivity contribution in [2.24, 2.45) is 0 Å². The van der Waals surface area contributed by atoms with Crippen LogP contribution >= 0.6 is 0 Å². The minimum Gasteiger partial charge on any atom is -0.152 e. The van der Waals surface area contributed by atoms with Gasteiger partial charge >= 0.3 is 0 Å². The molecule has 0 spiro atoms. The molecule has 12 heavy (non-hydrogen) atoms. The first-order valence-corrected chi connectivity index (χ1v) is 3.44. The highest BCUT2D eigenvalue weighted by Gasteiger charge is 2.30. The van der Waals surface area contributed by atoms with E-state index in [0.717, 1.165) is 5.57 Å². The highest BCUT2D eigenvalue weighted by Crippen LogP contribution is 2.47. The van der Waals surface area contributed by atoms with Crippen molar-refractivity contribution in [1.29, 1.82) is 0 Å². The molecular formula is C7H3B5. The van der Waals surface area contributed by atoms with Crippen LogP contribution in [0.3, 0.4) is 0 Å². The average Bonchev–Trinajstić information content (AvgIpc) is 2.58. The lowest BCUT2D eigenvalue weighted by Crippen LogP contribution is -1.79. The zero-order chi connectivity index (χ0) is 9.46. The highest BCUT2D eigenvalue weighted by atomic mass is 14.3. The van der Waals surface area contributed by atoms with Crippen molar-refractivity contribution in [2.75, 3.05) is 0 Å². The first kappa shape index (κ1) is 9.63. The molecule has 0 nitrogen and oxygen atoms in total. The second-order valence-electron chi connectivity index (χ2n) is 2.72. The van der Waals surface area contributed by atoms with Gasteiger partial charge in [0.25, 0.3) is 0 Å². The summed E-state index contributed by atoms with van der Waals surface area (Å²) in [6.07, 6.45) is 0. The molecule has 0 amide bonds. The molecule has 1 rings (SSSR count). The number of allylic oxidation sites excluding steroid dienone is 4. The summed E-state index contributed by atoms with van der Waals surface area (Å²) in [6.45, 7) is 1.74. The summed E-state index contributed by atoms with van der Waals surface area (Å²) >= 11 is 0. The quantitative estimate of drug-likeness (QED) is 0.400. The van der Waals surface area contributed by atoms with Crippen LogP contribution in [-0.2, 0) is 0 Å². The minimum atomic E-state index is 0.207. The average molecular weight is 141 g/mol. The van der Waals surface area contributed by atoms with E-state index in [4.69, 9.17) is 39.2 Å². The maximum Gasteiger partial charge on any atom is 0.108 e. The van der Waals surface area contributed by atoms with Gasteiger partial charge in [-0.25, -0.2) is 0 Å². The Kier molecular flexibility index (Phi) is 2.50. The van der Waals surface area contributed by atoms with E-state index in [1.54, 1.807) is 6.92 Å². The molecule has 0 aromatic heterocycles. The molecule has 0 bridgehead atoms. The fourth-order valence-electron chi connectivity index (χ4n) is 1.16. The summed E-state index contributed by atoms with van der Waals surface area (Å²) in [5.41, 5.74) is 2.79. The van der Waals surface area contributed by atoms with Crippen molar-refractivity contribution in [1.82, 2.24) is 0 Å². The molecule has 1 aliphatic rings. The Hall–Kier alpha value is -0.455. The van der Waals surface area contributed by atoms with Crippen molar-refractivity contribution in [3.05, 3.63) is 32.9 Å². The molecule has 0 aromatic carbocycles. The summed E-state index contributed by atoms with van der Waals surface area (Å²) in [7, 11) is 27.0. The van der Waals surface area contributed by atoms with Crippen molar-refractivity contribution in [3.63, 3.8) is 0 Å². The Morgan fingerprint density at radius 2 is 1.08 bits per heavy atom. The monoisotopic (exact) mass is 142 g/mol. The van der Waals surface area contributed by atoms with E-state index in [2.05, 4.69) is 0 Å². The predicted molar refractivity (Wildman–Crippen MR) is 55.5 cm³/mol. The van der Waals surface area contributed by atoms with Crippen LogP contribution in [0.1, 0.15) is 6.92 Å². The van der Waals surface area contributed by atoms with E-state index in [-0.39, 0.29) is 10.7 Å². The van der Waals surface area contributed by atoms with Gasteiger partial charge in [0.05, 0.1) is 31.4 Å². The first-order valence-electron chi connectivity index (χ1n) is 3.44. The van der Waals surface area contributed by atoms with Crippen molar-refractivity contribution < 1.29 is 0 Å². The van der Waals surface area contributed by atoms with Gasteiger partial charge in [-0.3, -0.25) is 0 Å². The van der Waals surface area contributed by atoms with E-state index >= 15 is 0 Å². The molecule has 0 N–H and O–H groups in total. The van der Waals surface area contributed by atoms with Crippen LogP contribution in [0.25, 0.3) is 0 Å². The Morgan fingerprint density at radius 1 is 0.750 bits per heavy atom. The summed E-state index contributed by atoms with van der Waals surface area (Å²) in [5.74, 6) is 0. The minimum absolute atomic E-state index is 0.207. The summed E-state index contributed by atoms with van der Waals surface area (Å²) in [6, 6.07) is 0. The Balaban J connectivity index is 3.26. The van der Waals surface area contributed by atoms with E-state index < -0.39 is 0 Å². The molecule has 1 fully saturated rings. The molecule has 0 aromatic rings. The van der Waals surface area contributed by atoms with Gasteiger partial charge in [0.2, 0.25) is 0 Å². The lowest BCUT2D eigenvalue weighted by atomic mass is 9.74. The van der Waals surface area contributed by atoms with Crippen molar-refractivity contribution in [3.8, 4) is 0 Å². The smallest absolute Gasteiger partial charge is 0.108 e. The van der Waals surface area contributed by atoms with Gasteiger partial charge in [-0.15, -0.1) is 5.47 Å². The summed E-state index contributed by atoms with van der Waals surface area (Å²) in [4.78, 5) is 0. The lowest BCUT2D eigenvalue weighted by Gasteiger charge is -1.82. The van der Waals surface area contributed by atoms with Crippen LogP contribution in [-0.4, -0.2) is 39.2 Å². The highest BCUT2D eigenvalue weighted by molar-refractivity contribution is 6.53. The lowest BCUT2D eigenvalue weighted by molar-refractivity contribution is 1.64. The fraction of sp³-hybridized carbons (Fsp3) is 0.143. The third-order valence-electron chi connectivity index (χ3n) is 1.66. The molecule has 0 heterocycles. The van der Waals surface area contributed by atoms with Gasteiger partial charge in [0.15, 0.2) is 0 Å². The zero-order valence-electron chi connectivity index (χ0n) is 6.89. The number of hydrogen-bond acceptors (Lipinski definition) is 0. The molecule has 0 aliphatic heterocycles. The molecular weight excluding hydrogens is 138 g/mol. The molecule has 1 saturated carbocycles. The van der Waals surface area contributed by atoms with Gasteiger partial charge < -0.3 is 0 Å². The maximum absolute atomic E-state index is 5.54. The Morgan fingerprint density at radius 3 is 1.17 bits per heavy atom.